The zero-order valence-corrected chi connectivity index (χ0v) is 13.1. The van der Waals surface area contributed by atoms with Crippen LogP contribution in [0, 0.1) is 0 Å². The fourth-order valence-electron chi connectivity index (χ4n) is 2.66. The highest BCUT2D eigenvalue weighted by atomic mass is 16.2. The monoisotopic (exact) mass is 303 g/mol. The number of carbonyl (C=O) groups is 2. The third-order valence-electron chi connectivity index (χ3n) is 3.94. The van der Waals surface area contributed by atoms with E-state index in [1.807, 2.05) is 42.2 Å². The van der Waals surface area contributed by atoms with E-state index in [1.54, 1.807) is 0 Å². The van der Waals surface area contributed by atoms with Crippen LogP contribution < -0.4 is 11.1 Å². The molecule has 1 aromatic carbocycles. The lowest BCUT2D eigenvalue weighted by atomic mass is 10.1. The first-order valence-corrected chi connectivity index (χ1v) is 7.94. The number of hydrogen-bond donors (Lipinski definition) is 2. The summed E-state index contributed by atoms with van der Waals surface area (Å²) in [5.41, 5.74) is 6.72. The third kappa shape index (κ3) is 4.84. The molecule has 2 atom stereocenters. The van der Waals surface area contributed by atoms with Crippen LogP contribution in [0.3, 0.4) is 0 Å². The Labute approximate surface area is 131 Å². The number of benzene rings is 1. The first kappa shape index (κ1) is 16.5. The Morgan fingerprint density at radius 2 is 2.09 bits per heavy atom. The molecule has 0 saturated carbocycles. The van der Waals surface area contributed by atoms with E-state index in [4.69, 9.17) is 5.73 Å². The molecule has 0 radical (unpaired) electrons. The van der Waals surface area contributed by atoms with Gasteiger partial charge in [0.2, 0.25) is 11.8 Å². The largest absolute Gasteiger partial charge is 0.348 e. The maximum absolute atomic E-state index is 12.1. The molecule has 5 heteroatoms. The van der Waals surface area contributed by atoms with Gasteiger partial charge in [0.25, 0.3) is 0 Å². The van der Waals surface area contributed by atoms with Gasteiger partial charge in [-0.1, -0.05) is 30.3 Å². The molecule has 0 aromatic heterocycles. The summed E-state index contributed by atoms with van der Waals surface area (Å²) in [6, 6.07) is 9.66. The third-order valence-corrected chi connectivity index (χ3v) is 3.94. The van der Waals surface area contributed by atoms with Gasteiger partial charge < -0.3 is 16.0 Å². The summed E-state index contributed by atoms with van der Waals surface area (Å²) in [6.45, 7) is 3.20. The van der Waals surface area contributed by atoms with Crippen molar-refractivity contribution in [1.29, 1.82) is 0 Å². The fraction of sp³-hybridized carbons (Fsp3) is 0.529. The molecule has 22 heavy (non-hydrogen) atoms. The summed E-state index contributed by atoms with van der Waals surface area (Å²) in [6.07, 6.45) is 2.59. The summed E-state index contributed by atoms with van der Waals surface area (Å²) >= 11 is 0. The van der Waals surface area contributed by atoms with E-state index in [0.717, 1.165) is 18.5 Å². The Kier molecular flexibility index (Phi) is 5.95. The van der Waals surface area contributed by atoms with E-state index in [2.05, 4.69) is 5.32 Å². The van der Waals surface area contributed by atoms with Crippen molar-refractivity contribution in [1.82, 2.24) is 10.2 Å². The van der Waals surface area contributed by atoms with Gasteiger partial charge in [0.1, 0.15) is 0 Å². The lowest BCUT2D eigenvalue weighted by Gasteiger charge is -2.25. The van der Waals surface area contributed by atoms with Crippen molar-refractivity contribution < 1.29 is 9.59 Å². The number of nitrogens with two attached hydrogens (primary N) is 1. The van der Waals surface area contributed by atoms with Gasteiger partial charge in [-0.2, -0.15) is 0 Å². The number of nitrogens with one attached hydrogen (secondary N) is 1. The van der Waals surface area contributed by atoms with Crippen molar-refractivity contribution in [2.75, 3.05) is 13.1 Å². The molecule has 0 spiro atoms. The van der Waals surface area contributed by atoms with Gasteiger partial charge in [0.15, 0.2) is 0 Å². The first-order valence-electron chi connectivity index (χ1n) is 7.94. The molecule has 1 heterocycles. The van der Waals surface area contributed by atoms with Crippen LogP contribution >= 0.6 is 0 Å². The Bertz CT molecular complexity index is 502. The molecule has 1 aliphatic rings. The molecular formula is C17H25N3O2. The number of amides is 2. The van der Waals surface area contributed by atoms with Crippen molar-refractivity contribution in [2.45, 2.75) is 44.7 Å². The van der Waals surface area contributed by atoms with Crippen LogP contribution in [0.2, 0.25) is 0 Å². The number of carbonyl (C=O) groups excluding carboxylic acids is 2. The molecule has 2 unspecified atom stereocenters. The minimum absolute atomic E-state index is 0.0149. The predicted molar refractivity (Wildman–Crippen MR) is 86.0 cm³/mol. The topological polar surface area (TPSA) is 75.4 Å². The van der Waals surface area contributed by atoms with Crippen LogP contribution in [0.15, 0.2) is 30.3 Å². The van der Waals surface area contributed by atoms with E-state index < -0.39 is 0 Å². The van der Waals surface area contributed by atoms with E-state index in [0.29, 0.717) is 25.8 Å². The Morgan fingerprint density at radius 3 is 2.68 bits per heavy atom. The second kappa shape index (κ2) is 7.94. The Morgan fingerprint density at radius 1 is 1.36 bits per heavy atom. The standard InChI is InChI=1S/C17H25N3O2/c1-13(18)9-10-16(21)19-15(14-6-3-2-4-7-14)12-20-11-5-8-17(20)22/h2-4,6-7,13,15H,5,8-12,18H2,1H3,(H,19,21). The van der Waals surface area contributed by atoms with Crippen LogP contribution in [0.5, 0.6) is 0 Å². The number of nitrogens with zero attached hydrogens (tertiary/aromatic N) is 1. The molecule has 2 rings (SSSR count). The minimum Gasteiger partial charge on any atom is -0.348 e. The van der Waals surface area contributed by atoms with Gasteiger partial charge in [0, 0.05) is 32.0 Å². The van der Waals surface area contributed by atoms with Crippen molar-refractivity contribution in [3.63, 3.8) is 0 Å². The molecule has 0 aliphatic carbocycles. The molecule has 1 aliphatic heterocycles. The average molecular weight is 303 g/mol. The lowest BCUT2D eigenvalue weighted by molar-refractivity contribution is -0.129. The summed E-state index contributed by atoms with van der Waals surface area (Å²) in [5.74, 6) is 0.156. The second-order valence-electron chi connectivity index (χ2n) is 5.99. The molecule has 1 aromatic rings. The van der Waals surface area contributed by atoms with Crippen molar-refractivity contribution >= 4 is 11.8 Å². The minimum atomic E-state index is -0.163. The summed E-state index contributed by atoms with van der Waals surface area (Å²) in [4.78, 5) is 25.8. The highest BCUT2D eigenvalue weighted by molar-refractivity contribution is 5.79. The molecule has 1 fully saturated rings. The van der Waals surface area contributed by atoms with Crippen LogP contribution in [0.4, 0.5) is 0 Å². The van der Waals surface area contributed by atoms with Gasteiger partial charge in [-0.3, -0.25) is 9.59 Å². The molecular weight excluding hydrogens is 278 g/mol. The van der Waals surface area contributed by atoms with Crippen molar-refractivity contribution in [3.8, 4) is 0 Å². The predicted octanol–water partition coefficient (Wildman–Crippen LogP) is 1.59. The zero-order valence-electron chi connectivity index (χ0n) is 13.1. The SMILES string of the molecule is CC(N)CCC(=O)NC(CN1CCCC1=O)c1ccccc1. The van der Waals surface area contributed by atoms with Crippen molar-refractivity contribution in [2.24, 2.45) is 5.73 Å². The summed E-state index contributed by atoms with van der Waals surface area (Å²) < 4.78 is 0. The quantitative estimate of drug-likeness (QED) is 0.803. The highest BCUT2D eigenvalue weighted by Gasteiger charge is 2.25. The fourth-order valence-corrected chi connectivity index (χ4v) is 2.66. The van der Waals surface area contributed by atoms with Crippen LogP contribution in [-0.4, -0.2) is 35.8 Å². The summed E-state index contributed by atoms with van der Waals surface area (Å²) in [7, 11) is 0. The maximum atomic E-state index is 12.1. The lowest BCUT2D eigenvalue weighted by Crippen LogP contribution is -2.38. The second-order valence-corrected chi connectivity index (χ2v) is 5.99. The zero-order chi connectivity index (χ0) is 15.9. The first-order chi connectivity index (χ1) is 10.6. The van der Waals surface area contributed by atoms with Gasteiger partial charge in [-0.05, 0) is 25.3 Å². The number of likely N-dealkylation sites (tertiary alicyclic amines) is 1. The van der Waals surface area contributed by atoms with Gasteiger partial charge in [0.05, 0.1) is 6.04 Å². The maximum Gasteiger partial charge on any atom is 0.222 e. The Balaban J connectivity index is 2.01. The van der Waals surface area contributed by atoms with Crippen LogP contribution in [-0.2, 0) is 9.59 Å². The van der Waals surface area contributed by atoms with E-state index in [-0.39, 0.29) is 23.9 Å². The molecule has 5 nitrogen and oxygen atoms in total. The van der Waals surface area contributed by atoms with Crippen LogP contribution in [0.25, 0.3) is 0 Å². The molecule has 0 bridgehead atoms. The van der Waals surface area contributed by atoms with Gasteiger partial charge in [-0.15, -0.1) is 0 Å². The molecule has 1 saturated heterocycles. The normalized spacial score (nSPS) is 17.4. The number of rotatable bonds is 7. The molecule has 3 N–H and O–H groups in total. The highest BCUT2D eigenvalue weighted by Crippen LogP contribution is 2.18. The van der Waals surface area contributed by atoms with Gasteiger partial charge in [-0.25, -0.2) is 0 Å². The molecule has 120 valence electrons. The van der Waals surface area contributed by atoms with Crippen molar-refractivity contribution in [3.05, 3.63) is 35.9 Å². The Hall–Kier alpha value is -1.88. The smallest absolute Gasteiger partial charge is 0.222 e. The van der Waals surface area contributed by atoms with E-state index in [1.165, 1.54) is 0 Å². The average Bonchev–Trinajstić information content (AvgIpc) is 2.90. The van der Waals surface area contributed by atoms with E-state index in [9.17, 15) is 9.59 Å². The van der Waals surface area contributed by atoms with Crippen LogP contribution in [0.1, 0.15) is 44.2 Å². The van der Waals surface area contributed by atoms with Gasteiger partial charge >= 0.3 is 0 Å². The summed E-state index contributed by atoms with van der Waals surface area (Å²) in [5, 5.41) is 3.05. The van der Waals surface area contributed by atoms with E-state index >= 15 is 0 Å². The molecule has 2 amide bonds. The number of hydrogen-bond acceptors (Lipinski definition) is 3.